The number of benzene rings is 1. The number of methoxy groups -OCH3 is 1. The van der Waals surface area contributed by atoms with Crippen LogP contribution in [0.4, 0.5) is 0 Å². The summed E-state index contributed by atoms with van der Waals surface area (Å²) in [5.41, 5.74) is 6.15. The Morgan fingerprint density at radius 3 is 2.88 bits per heavy atom. The summed E-state index contributed by atoms with van der Waals surface area (Å²) in [5, 5.41) is 3.95. The minimum Gasteiger partial charge on any atom is -0.496 e. The highest BCUT2D eigenvalue weighted by molar-refractivity contribution is 5.99. The fourth-order valence-corrected chi connectivity index (χ4v) is 1.46. The van der Waals surface area contributed by atoms with Gasteiger partial charge in [-0.2, -0.15) is 5.10 Å². The lowest BCUT2D eigenvalue weighted by Gasteiger charge is -2.10. The molecule has 0 saturated carbocycles. The smallest absolute Gasteiger partial charge is 0.254 e. The zero-order chi connectivity index (χ0) is 11.5. The maximum atomic E-state index is 11.4. The second-order valence-corrected chi connectivity index (χ2v) is 3.06. The van der Waals surface area contributed by atoms with Crippen LogP contribution in [0.5, 0.6) is 5.75 Å². The van der Waals surface area contributed by atoms with E-state index >= 15 is 0 Å². The van der Waals surface area contributed by atoms with E-state index in [9.17, 15) is 4.79 Å². The monoisotopic (exact) mass is 218 g/mol. The Morgan fingerprint density at radius 1 is 1.50 bits per heavy atom. The lowest BCUT2D eigenvalue weighted by atomic mass is 10.1. The van der Waals surface area contributed by atoms with Crippen molar-refractivity contribution in [2.75, 3.05) is 7.11 Å². The zero-order valence-corrected chi connectivity index (χ0v) is 8.62. The van der Waals surface area contributed by atoms with E-state index in [1.807, 2.05) is 0 Å². The highest BCUT2D eigenvalue weighted by Gasteiger charge is 2.15. The van der Waals surface area contributed by atoms with E-state index < -0.39 is 5.91 Å². The Morgan fingerprint density at radius 2 is 2.31 bits per heavy atom. The maximum Gasteiger partial charge on any atom is 0.254 e. The topological polar surface area (TPSA) is 83.0 Å². The van der Waals surface area contributed by atoms with Crippen molar-refractivity contribution in [1.82, 2.24) is 14.8 Å². The average Bonchev–Trinajstić information content (AvgIpc) is 2.81. The zero-order valence-electron chi connectivity index (χ0n) is 8.62. The van der Waals surface area contributed by atoms with Gasteiger partial charge in [0.15, 0.2) is 0 Å². The Hall–Kier alpha value is -2.37. The van der Waals surface area contributed by atoms with E-state index in [0.29, 0.717) is 11.4 Å². The Labute approximate surface area is 91.7 Å². The molecule has 0 saturated heterocycles. The minimum absolute atomic E-state index is 0.288. The van der Waals surface area contributed by atoms with Gasteiger partial charge in [-0.05, 0) is 12.1 Å². The van der Waals surface area contributed by atoms with E-state index in [1.165, 1.54) is 24.4 Å². The van der Waals surface area contributed by atoms with Crippen LogP contribution in [0.3, 0.4) is 0 Å². The van der Waals surface area contributed by atoms with Crippen LogP contribution in [0.1, 0.15) is 10.4 Å². The summed E-state index contributed by atoms with van der Waals surface area (Å²) in [7, 11) is 1.48. The van der Waals surface area contributed by atoms with Crippen LogP contribution in [0.25, 0.3) is 5.69 Å². The number of primary amides is 1. The third-order valence-electron chi connectivity index (χ3n) is 2.14. The number of nitrogens with two attached hydrogens (primary N) is 1. The average molecular weight is 218 g/mol. The van der Waals surface area contributed by atoms with Gasteiger partial charge in [-0.25, -0.2) is 9.67 Å². The Kier molecular flexibility index (Phi) is 2.55. The Bertz CT molecular complexity index is 508. The second-order valence-electron chi connectivity index (χ2n) is 3.06. The molecular weight excluding hydrogens is 208 g/mol. The summed E-state index contributed by atoms with van der Waals surface area (Å²) in [6.07, 6.45) is 2.87. The number of hydrogen-bond donors (Lipinski definition) is 1. The number of aromatic nitrogens is 3. The summed E-state index contributed by atoms with van der Waals surface area (Å²) >= 11 is 0. The maximum absolute atomic E-state index is 11.4. The third-order valence-corrected chi connectivity index (χ3v) is 2.14. The predicted molar refractivity (Wildman–Crippen MR) is 56.4 cm³/mol. The van der Waals surface area contributed by atoms with E-state index in [1.54, 1.807) is 18.2 Å². The molecule has 1 aromatic heterocycles. The van der Waals surface area contributed by atoms with Crippen LogP contribution in [-0.2, 0) is 0 Å². The summed E-state index contributed by atoms with van der Waals surface area (Å²) in [6, 6.07) is 5.14. The number of ether oxygens (including phenoxy) is 1. The molecule has 0 atom stereocenters. The summed E-state index contributed by atoms with van der Waals surface area (Å²) in [4.78, 5) is 15.2. The quantitative estimate of drug-likeness (QED) is 0.807. The van der Waals surface area contributed by atoms with Gasteiger partial charge in [0.25, 0.3) is 5.91 Å². The first kappa shape index (κ1) is 10.2. The van der Waals surface area contributed by atoms with Crippen molar-refractivity contribution in [2.24, 2.45) is 5.73 Å². The Balaban J connectivity index is 2.65. The van der Waals surface area contributed by atoms with Gasteiger partial charge < -0.3 is 10.5 Å². The van der Waals surface area contributed by atoms with Crippen molar-refractivity contribution in [3.8, 4) is 11.4 Å². The van der Waals surface area contributed by atoms with Gasteiger partial charge in [0.2, 0.25) is 0 Å². The largest absolute Gasteiger partial charge is 0.496 e. The molecule has 0 radical (unpaired) electrons. The molecule has 1 amide bonds. The molecule has 1 aromatic carbocycles. The second kappa shape index (κ2) is 4.01. The van der Waals surface area contributed by atoms with E-state index in [-0.39, 0.29) is 5.56 Å². The van der Waals surface area contributed by atoms with Crippen molar-refractivity contribution < 1.29 is 9.53 Å². The van der Waals surface area contributed by atoms with Gasteiger partial charge in [-0.1, -0.05) is 6.07 Å². The third kappa shape index (κ3) is 1.60. The number of rotatable bonds is 3. The lowest BCUT2D eigenvalue weighted by Crippen LogP contribution is -2.16. The molecule has 0 fully saturated rings. The normalized spacial score (nSPS) is 10.1. The molecule has 0 aliphatic heterocycles. The molecule has 2 rings (SSSR count). The fourth-order valence-electron chi connectivity index (χ4n) is 1.46. The molecule has 1 heterocycles. The van der Waals surface area contributed by atoms with Crippen LogP contribution in [0.2, 0.25) is 0 Å². The van der Waals surface area contributed by atoms with Crippen LogP contribution < -0.4 is 10.5 Å². The van der Waals surface area contributed by atoms with Gasteiger partial charge in [0.1, 0.15) is 24.0 Å². The van der Waals surface area contributed by atoms with Gasteiger partial charge >= 0.3 is 0 Å². The van der Waals surface area contributed by atoms with Crippen molar-refractivity contribution >= 4 is 5.91 Å². The van der Waals surface area contributed by atoms with E-state index in [0.717, 1.165) is 0 Å². The highest BCUT2D eigenvalue weighted by atomic mass is 16.5. The molecule has 16 heavy (non-hydrogen) atoms. The van der Waals surface area contributed by atoms with Crippen LogP contribution in [0.15, 0.2) is 30.9 Å². The van der Waals surface area contributed by atoms with Crippen molar-refractivity contribution in [1.29, 1.82) is 0 Å². The molecule has 0 spiro atoms. The molecule has 2 aromatic rings. The van der Waals surface area contributed by atoms with Crippen molar-refractivity contribution in [3.05, 3.63) is 36.4 Å². The van der Waals surface area contributed by atoms with Gasteiger partial charge in [-0.3, -0.25) is 4.79 Å². The van der Waals surface area contributed by atoms with Gasteiger partial charge in [0.05, 0.1) is 12.8 Å². The molecule has 6 nitrogen and oxygen atoms in total. The molecule has 0 aliphatic carbocycles. The molecule has 0 bridgehead atoms. The first-order chi connectivity index (χ1) is 7.74. The molecule has 0 unspecified atom stereocenters. The summed E-state index contributed by atoms with van der Waals surface area (Å²) < 4.78 is 6.54. The van der Waals surface area contributed by atoms with Crippen LogP contribution >= 0.6 is 0 Å². The molecule has 0 aliphatic rings. The first-order valence-electron chi connectivity index (χ1n) is 4.56. The summed E-state index contributed by atoms with van der Waals surface area (Å²) in [5.74, 6) is -0.150. The highest BCUT2D eigenvalue weighted by Crippen LogP contribution is 2.23. The molecular formula is C10H10N4O2. The number of carbonyl (C=O) groups is 1. The molecule has 2 N–H and O–H groups in total. The van der Waals surface area contributed by atoms with Crippen molar-refractivity contribution in [3.63, 3.8) is 0 Å². The molecule has 6 heteroatoms. The number of amides is 1. The van der Waals surface area contributed by atoms with Crippen LogP contribution in [0, 0.1) is 0 Å². The predicted octanol–water partition coefficient (Wildman–Crippen LogP) is 0.375. The lowest BCUT2D eigenvalue weighted by molar-refractivity contribution is 0.0997. The van der Waals surface area contributed by atoms with Gasteiger partial charge in [-0.15, -0.1) is 0 Å². The van der Waals surface area contributed by atoms with Gasteiger partial charge in [0, 0.05) is 0 Å². The van der Waals surface area contributed by atoms with E-state index in [4.69, 9.17) is 10.5 Å². The van der Waals surface area contributed by atoms with E-state index in [2.05, 4.69) is 10.1 Å². The number of hydrogen-bond acceptors (Lipinski definition) is 4. The number of nitrogens with zero attached hydrogens (tertiary/aromatic N) is 3. The fraction of sp³-hybridized carbons (Fsp3) is 0.100. The SMILES string of the molecule is COc1cccc(-n2cncn2)c1C(N)=O. The van der Waals surface area contributed by atoms with Crippen LogP contribution in [-0.4, -0.2) is 27.8 Å². The summed E-state index contributed by atoms with van der Waals surface area (Å²) in [6.45, 7) is 0. The number of carbonyl (C=O) groups excluding carboxylic acids is 1. The molecule has 82 valence electrons. The first-order valence-corrected chi connectivity index (χ1v) is 4.56. The minimum atomic E-state index is -0.567. The van der Waals surface area contributed by atoms with Crippen molar-refractivity contribution in [2.45, 2.75) is 0 Å². The standard InChI is InChI=1S/C10H10N4O2/c1-16-8-4-2-3-7(9(8)10(11)15)14-6-12-5-13-14/h2-6H,1H3,(H2,11,15).